The van der Waals surface area contributed by atoms with Crippen LogP contribution in [0.2, 0.25) is 0 Å². The van der Waals surface area contributed by atoms with E-state index in [9.17, 15) is 19.8 Å². The molecule has 158 valence electrons. The van der Waals surface area contributed by atoms with Crippen molar-refractivity contribution in [2.45, 2.75) is 64.6 Å². The third-order valence-electron chi connectivity index (χ3n) is 7.30. The van der Waals surface area contributed by atoms with Crippen molar-refractivity contribution in [3.63, 3.8) is 0 Å². The molecule has 0 aromatic carbocycles. The van der Waals surface area contributed by atoms with Crippen molar-refractivity contribution in [3.05, 3.63) is 33.6 Å². The molecule has 29 heavy (non-hydrogen) atoms. The lowest BCUT2D eigenvalue weighted by molar-refractivity contribution is -0.173. The molecule has 0 aromatic rings. The highest BCUT2D eigenvalue weighted by atomic mass is 16.7. The van der Waals surface area contributed by atoms with Crippen LogP contribution < -0.4 is 0 Å². The number of ether oxygens (including phenoxy) is 3. The van der Waals surface area contributed by atoms with E-state index in [0.29, 0.717) is 12.0 Å². The van der Waals surface area contributed by atoms with E-state index in [1.807, 2.05) is 20.8 Å². The van der Waals surface area contributed by atoms with Gasteiger partial charge in [0.15, 0.2) is 11.5 Å². The average Bonchev–Trinajstić information content (AvgIpc) is 2.68. The fraction of sp³-hybridized carbons (Fsp3) is 0.636. The van der Waals surface area contributed by atoms with Crippen molar-refractivity contribution < 1.29 is 34.0 Å². The monoisotopic (exact) mass is 404 g/mol. The van der Waals surface area contributed by atoms with Gasteiger partial charge in [0.25, 0.3) is 0 Å². The maximum atomic E-state index is 13.6. The molecule has 7 heteroatoms. The quantitative estimate of drug-likeness (QED) is 0.532. The number of carbonyl (C=O) groups is 2. The number of methoxy groups -OCH3 is 2. The van der Waals surface area contributed by atoms with Gasteiger partial charge < -0.3 is 24.4 Å². The predicted octanol–water partition coefficient (Wildman–Crippen LogP) is 1.58. The van der Waals surface area contributed by atoms with Crippen LogP contribution in [0.4, 0.5) is 0 Å². The molecule has 4 aliphatic rings. The molecular formula is C22H28O7. The highest BCUT2D eigenvalue weighted by Crippen LogP contribution is 2.57. The van der Waals surface area contributed by atoms with Crippen molar-refractivity contribution >= 4 is 11.6 Å². The molecule has 7 nitrogen and oxygen atoms in total. The largest absolute Gasteiger partial charge is 0.458 e. The Bertz CT molecular complexity index is 880. The average molecular weight is 404 g/mol. The van der Waals surface area contributed by atoms with E-state index in [-0.39, 0.29) is 35.0 Å². The van der Waals surface area contributed by atoms with Crippen LogP contribution in [-0.4, -0.2) is 60.6 Å². The predicted molar refractivity (Wildman–Crippen MR) is 103 cm³/mol. The van der Waals surface area contributed by atoms with E-state index in [2.05, 4.69) is 0 Å². The molecule has 0 bridgehead atoms. The minimum Gasteiger partial charge on any atom is -0.458 e. The van der Waals surface area contributed by atoms with Crippen LogP contribution in [0.1, 0.15) is 40.0 Å². The topological polar surface area (TPSA) is 102 Å². The van der Waals surface area contributed by atoms with Crippen LogP contribution in [0, 0.1) is 11.3 Å². The number of fused-ring (bicyclic) bond motifs is 2. The van der Waals surface area contributed by atoms with Crippen LogP contribution in [0.3, 0.4) is 0 Å². The lowest BCUT2D eigenvalue weighted by atomic mass is 9.52. The normalized spacial score (nSPS) is 39.9. The van der Waals surface area contributed by atoms with Gasteiger partial charge in [-0.3, -0.25) is 9.59 Å². The number of Topliss-reactive ketones (excluding diaryl/α,β-unsaturated/α-hetero) is 2. The molecule has 1 aliphatic heterocycles. The fourth-order valence-electron chi connectivity index (χ4n) is 5.67. The Kier molecular flexibility index (Phi) is 4.85. The van der Waals surface area contributed by atoms with Gasteiger partial charge in [-0.2, -0.15) is 0 Å². The summed E-state index contributed by atoms with van der Waals surface area (Å²) in [5.74, 6) is -1.12. The van der Waals surface area contributed by atoms with Crippen molar-refractivity contribution in [1.29, 1.82) is 0 Å². The molecule has 0 unspecified atom stereocenters. The first-order valence-electron chi connectivity index (χ1n) is 9.99. The zero-order valence-corrected chi connectivity index (χ0v) is 17.4. The lowest BCUT2D eigenvalue weighted by Crippen LogP contribution is -2.56. The first-order valence-corrected chi connectivity index (χ1v) is 9.99. The number of rotatable bonds is 2. The van der Waals surface area contributed by atoms with Crippen LogP contribution in [-0.2, 0) is 23.8 Å². The second-order valence-electron chi connectivity index (χ2n) is 8.75. The van der Waals surface area contributed by atoms with Crippen molar-refractivity contribution in [2.24, 2.45) is 11.3 Å². The van der Waals surface area contributed by atoms with Crippen LogP contribution >= 0.6 is 0 Å². The highest BCUT2D eigenvalue weighted by molar-refractivity contribution is 6.25. The Morgan fingerprint density at radius 2 is 1.79 bits per heavy atom. The molecule has 0 radical (unpaired) electrons. The number of aliphatic hydroxyl groups is 2. The summed E-state index contributed by atoms with van der Waals surface area (Å²) in [5, 5.41) is 21.4. The third kappa shape index (κ3) is 2.64. The number of aliphatic hydroxyl groups excluding tert-OH is 2. The SMILES string of the molecule is CO[C@@H]1OC2=C(C[C@H]1O)C(=O)C1=C(C2=O)[C@@]2(C)CCC(C)=C(C)[C@H]2[C@H](O)[C@H]1OC. The summed E-state index contributed by atoms with van der Waals surface area (Å²) in [7, 11) is 2.82. The molecule has 6 atom stereocenters. The maximum Gasteiger partial charge on any atom is 0.226 e. The zero-order chi connectivity index (χ0) is 21.2. The number of carbonyl (C=O) groups excluding carboxylic acids is 2. The molecule has 0 fully saturated rings. The Balaban J connectivity index is 1.91. The Hall–Kier alpha value is -1.80. The van der Waals surface area contributed by atoms with E-state index < -0.39 is 35.8 Å². The van der Waals surface area contributed by atoms with E-state index >= 15 is 0 Å². The Labute approximate surface area is 170 Å². The number of hydrogen-bond acceptors (Lipinski definition) is 7. The van der Waals surface area contributed by atoms with E-state index in [0.717, 1.165) is 12.0 Å². The molecule has 0 aromatic heterocycles. The number of hydrogen-bond donors (Lipinski definition) is 2. The van der Waals surface area contributed by atoms with Crippen molar-refractivity contribution in [2.75, 3.05) is 14.2 Å². The van der Waals surface area contributed by atoms with Gasteiger partial charge in [-0.25, -0.2) is 0 Å². The van der Waals surface area contributed by atoms with Gasteiger partial charge in [0.2, 0.25) is 12.1 Å². The molecule has 3 aliphatic carbocycles. The molecule has 4 rings (SSSR count). The van der Waals surface area contributed by atoms with E-state index in [1.165, 1.54) is 19.8 Å². The second-order valence-corrected chi connectivity index (χ2v) is 8.75. The fourth-order valence-corrected chi connectivity index (χ4v) is 5.67. The van der Waals surface area contributed by atoms with Gasteiger partial charge >= 0.3 is 0 Å². The Morgan fingerprint density at radius 1 is 1.10 bits per heavy atom. The molecule has 0 saturated carbocycles. The highest BCUT2D eigenvalue weighted by Gasteiger charge is 2.59. The molecular weight excluding hydrogens is 376 g/mol. The first-order chi connectivity index (χ1) is 13.7. The number of ketones is 2. The Morgan fingerprint density at radius 3 is 2.41 bits per heavy atom. The van der Waals surface area contributed by atoms with Crippen LogP contribution in [0.25, 0.3) is 0 Å². The lowest BCUT2D eigenvalue weighted by Gasteiger charge is -2.53. The summed E-state index contributed by atoms with van der Waals surface area (Å²) < 4.78 is 16.3. The summed E-state index contributed by atoms with van der Waals surface area (Å²) in [6, 6.07) is 0. The summed E-state index contributed by atoms with van der Waals surface area (Å²) >= 11 is 0. The van der Waals surface area contributed by atoms with Gasteiger partial charge in [-0.15, -0.1) is 0 Å². The minimum atomic E-state index is -1.06. The summed E-state index contributed by atoms with van der Waals surface area (Å²) in [6.07, 6.45) is -2.53. The van der Waals surface area contributed by atoms with Gasteiger partial charge in [-0.1, -0.05) is 18.1 Å². The van der Waals surface area contributed by atoms with E-state index in [4.69, 9.17) is 14.2 Å². The van der Waals surface area contributed by atoms with Gasteiger partial charge in [-0.05, 0) is 26.7 Å². The van der Waals surface area contributed by atoms with Gasteiger partial charge in [0, 0.05) is 48.7 Å². The zero-order valence-electron chi connectivity index (χ0n) is 17.4. The third-order valence-corrected chi connectivity index (χ3v) is 7.30. The molecule has 0 spiro atoms. The summed E-state index contributed by atoms with van der Waals surface area (Å²) in [4.78, 5) is 27.1. The van der Waals surface area contributed by atoms with Gasteiger partial charge in [0.05, 0.1) is 6.10 Å². The van der Waals surface area contributed by atoms with Crippen molar-refractivity contribution in [3.8, 4) is 0 Å². The van der Waals surface area contributed by atoms with Crippen LogP contribution in [0.15, 0.2) is 33.6 Å². The summed E-state index contributed by atoms with van der Waals surface area (Å²) in [5.41, 5.74) is 2.24. The number of allylic oxidation sites excluding steroid dienone is 2. The second kappa shape index (κ2) is 6.87. The maximum absolute atomic E-state index is 13.6. The van der Waals surface area contributed by atoms with Crippen LogP contribution in [0.5, 0.6) is 0 Å². The molecule has 0 saturated heterocycles. The van der Waals surface area contributed by atoms with E-state index in [1.54, 1.807) is 0 Å². The van der Waals surface area contributed by atoms with Gasteiger partial charge in [0.1, 0.15) is 12.2 Å². The van der Waals surface area contributed by atoms with Crippen molar-refractivity contribution in [1.82, 2.24) is 0 Å². The molecule has 2 N–H and O–H groups in total. The molecule has 0 amide bonds. The smallest absolute Gasteiger partial charge is 0.226 e. The standard InChI is InChI=1S/C22H28O7/c1-9-6-7-22(3)14(10(9)2)17(25)20(27-4)13-15(22)18(26)19-11(16(13)24)8-12(23)21(28-5)29-19/h12,14,17,20-21,23,25H,6-8H2,1-5H3/t12-,14+,17+,20+,21-,22+/m1/s1. The molecule has 1 heterocycles. The first kappa shape index (κ1) is 20.5. The minimum absolute atomic E-state index is 0.0407. The summed E-state index contributed by atoms with van der Waals surface area (Å²) in [6.45, 7) is 5.96.